The van der Waals surface area contributed by atoms with E-state index in [1.165, 1.54) is 64.2 Å². The molecule has 2 saturated heterocycles. The Morgan fingerprint density at radius 3 is 1.53 bits per heavy atom. The molecule has 11 nitrogen and oxygen atoms in total. The Bertz CT molecular complexity index is 593. The fourth-order valence-electron chi connectivity index (χ4n) is 5.01. The third kappa shape index (κ3) is 10.5. The molecule has 10 atom stereocenters. The van der Waals surface area contributed by atoms with Gasteiger partial charge in [0.2, 0.25) is 0 Å². The number of hydrogen-bond acceptors (Lipinski definition) is 11. The zero-order valence-electron chi connectivity index (χ0n) is 22.9. The summed E-state index contributed by atoms with van der Waals surface area (Å²) in [4.78, 5) is 0. The smallest absolute Gasteiger partial charge is 0.187 e. The Hall–Kier alpha value is -0.440. The molecule has 2 rings (SSSR count). The monoisotopic (exact) mass is 552 g/mol. The van der Waals surface area contributed by atoms with Gasteiger partial charge < -0.3 is 54.7 Å². The summed E-state index contributed by atoms with van der Waals surface area (Å²) in [5.74, 6) is 0. The summed E-state index contributed by atoms with van der Waals surface area (Å²) in [6.07, 6.45) is 1.56. The average Bonchev–Trinajstić information content (AvgIpc) is 2.92. The molecule has 2 heterocycles. The normalized spacial score (nSPS) is 36.0. The van der Waals surface area contributed by atoms with E-state index in [4.69, 9.17) is 18.9 Å². The molecule has 0 amide bonds. The lowest BCUT2D eigenvalue weighted by atomic mass is 9.97. The molecular formula is C27H52O11. The molecule has 0 saturated carbocycles. The summed E-state index contributed by atoms with van der Waals surface area (Å²) in [5.41, 5.74) is 0. The summed E-state index contributed by atoms with van der Waals surface area (Å²) in [5, 5.41) is 70.3. The van der Waals surface area contributed by atoms with Crippen LogP contribution in [0.2, 0.25) is 0 Å². The number of ether oxygens (including phenoxy) is 4. The second-order valence-electron chi connectivity index (χ2n) is 10.6. The van der Waals surface area contributed by atoms with E-state index in [2.05, 4.69) is 6.92 Å². The first-order chi connectivity index (χ1) is 18.3. The second kappa shape index (κ2) is 18.8. The number of aliphatic hydroxyl groups excluding tert-OH is 7. The molecule has 11 heteroatoms. The molecular weight excluding hydrogens is 500 g/mol. The van der Waals surface area contributed by atoms with Gasteiger partial charge in [0.1, 0.15) is 48.8 Å². The van der Waals surface area contributed by atoms with Crippen LogP contribution in [0.3, 0.4) is 0 Å². The van der Waals surface area contributed by atoms with Crippen LogP contribution in [0.5, 0.6) is 0 Å². The number of aliphatic hydroxyl groups is 7. The van der Waals surface area contributed by atoms with Crippen LogP contribution in [0, 0.1) is 0 Å². The van der Waals surface area contributed by atoms with Crippen molar-refractivity contribution < 1.29 is 54.7 Å². The summed E-state index contributed by atoms with van der Waals surface area (Å²) >= 11 is 0. The van der Waals surface area contributed by atoms with E-state index in [0.29, 0.717) is 6.61 Å². The first-order valence-corrected chi connectivity index (χ1v) is 14.6. The molecule has 0 aromatic carbocycles. The third-order valence-electron chi connectivity index (χ3n) is 7.49. The van der Waals surface area contributed by atoms with Gasteiger partial charge >= 0.3 is 0 Å². The van der Waals surface area contributed by atoms with Crippen LogP contribution in [0.1, 0.15) is 90.4 Å². The van der Waals surface area contributed by atoms with E-state index in [0.717, 1.165) is 19.3 Å². The van der Waals surface area contributed by atoms with Gasteiger partial charge in [0.15, 0.2) is 12.6 Å². The summed E-state index contributed by atoms with van der Waals surface area (Å²) in [7, 11) is 0. The van der Waals surface area contributed by atoms with E-state index < -0.39 is 74.6 Å². The first kappa shape index (κ1) is 33.8. The van der Waals surface area contributed by atoms with Crippen LogP contribution in [0.4, 0.5) is 0 Å². The maximum Gasteiger partial charge on any atom is 0.187 e. The lowest BCUT2D eigenvalue weighted by Crippen LogP contribution is -2.64. The van der Waals surface area contributed by atoms with Crippen LogP contribution in [0.15, 0.2) is 0 Å². The van der Waals surface area contributed by atoms with Gasteiger partial charge in [0, 0.05) is 6.61 Å². The van der Waals surface area contributed by atoms with Crippen LogP contribution in [-0.4, -0.2) is 117 Å². The highest BCUT2D eigenvalue weighted by Crippen LogP contribution is 2.29. The van der Waals surface area contributed by atoms with Crippen LogP contribution < -0.4 is 0 Å². The summed E-state index contributed by atoms with van der Waals surface area (Å²) < 4.78 is 22.1. The van der Waals surface area contributed by atoms with Crippen molar-refractivity contribution in [3.8, 4) is 0 Å². The lowest BCUT2D eigenvalue weighted by molar-refractivity contribution is -0.359. The van der Waals surface area contributed by atoms with Crippen LogP contribution in [0.25, 0.3) is 0 Å². The van der Waals surface area contributed by atoms with Gasteiger partial charge in [-0.2, -0.15) is 0 Å². The highest BCUT2D eigenvalue weighted by atomic mass is 16.7. The first-order valence-electron chi connectivity index (χ1n) is 14.6. The van der Waals surface area contributed by atoms with Gasteiger partial charge in [-0.1, -0.05) is 84.0 Å². The Labute approximate surface area is 226 Å². The second-order valence-corrected chi connectivity index (χ2v) is 10.6. The van der Waals surface area contributed by atoms with E-state index >= 15 is 0 Å². The zero-order valence-corrected chi connectivity index (χ0v) is 22.9. The van der Waals surface area contributed by atoms with Gasteiger partial charge in [0.05, 0.1) is 13.2 Å². The molecule has 7 N–H and O–H groups in total. The van der Waals surface area contributed by atoms with Crippen molar-refractivity contribution in [3.05, 3.63) is 0 Å². The lowest BCUT2D eigenvalue weighted by Gasteiger charge is -2.45. The molecule has 0 spiro atoms. The molecule has 0 aromatic heterocycles. The number of rotatable bonds is 19. The van der Waals surface area contributed by atoms with Gasteiger partial charge in [-0.25, -0.2) is 0 Å². The Morgan fingerprint density at radius 1 is 0.526 bits per heavy atom. The van der Waals surface area contributed by atoms with E-state index in [1.807, 2.05) is 0 Å². The van der Waals surface area contributed by atoms with Crippen molar-refractivity contribution in [3.63, 3.8) is 0 Å². The molecule has 2 aliphatic rings. The maximum atomic E-state index is 10.6. The minimum Gasteiger partial charge on any atom is -0.394 e. The largest absolute Gasteiger partial charge is 0.394 e. The molecule has 0 radical (unpaired) electrons. The van der Waals surface area contributed by atoms with Gasteiger partial charge in [-0.3, -0.25) is 0 Å². The van der Waals surface area contributed by atoms with E-state index in [-0.39, 0.29) is 0 Å². The predicted molar refractivity (Wildman–Crippen MR) is 138 cm³/mol. The standard InChI is InChI=1S/C27H52O11/c1-2-3-4-5-6-7-8-9-10-11-12-13-14-15-35-26-24(34)22(32)25(19(17-29)37-26)38-27-23(33)21(31)20(30)18(16-28)36-27/h18-34H,2-17H2,1H3/t18-,19-,20-,21+,22-,23-,24-,25-,26-,27-/m1/s1. The van der Waals surface area contributed by atoms with Crippen molar-refractivity contribution in [2.45, 2.75) is 152 Å². The molecule has 2 fully saturated rings. The Kier molecular flexibility index (Phi) is 16.7. The van der Waals surface area contributed by atoms with Crippen LogP contribution in [-0.2, 0) is 18.9 Å². The van der Waals surface area contributed by atoms with Crippen molar-refractivity contribution in [2.75, 3.05) is 19.8 Å². The quantitative estimate of drug-likeness (QED) is 0.112. The van der Waals surface area contributed by atoms with E-state index in [1.54, 1.807) is 0 Å². The van der Waals surface area contributed by atoms with Crippen LogP contribution >= 0.6 is 0 Å². The van der Waals surface area contributed by atoms with Crippen molar-refractivity contribution in [2.24, 2.45) is 0 Å². The van der Waals surface area contributed by atoms with Gasteiger partial charge in [0.25, 0.3) is 0 Å². The third-order valence-corrected chi connectivity index (χ3v) is 7.49. The average molecular weight is 553 g/mol. The van der Waals surface area contributed by atoms with E-state index in [9.17, 15) is 35.7 Å². The molecule has 0 aromatic rings. The summed E-state index contributed by atoms with van der Waals surface area (Å²) in [6, 6.07) is 0. The van der Waals surface area contributed by atoms with Crippen molar-refractivity contribution in [1.82, 2.24) is 0 Å². The molecule has 0 bridgehead atoms. The van der Waals surface area contributed by atoms with Gasteiger partial charge in [-0.15, -0.1) is 0 Å². The van der Waals surface area contributed by atoms with Crippen molar-refractivity contribution in [1.29, 1.82) is 0 Å². The molecule has 0 aliphatic carbocycles. The fraction of sp³-hybridized carbons (Fsp3) is 1.00. The Morgan fingerprint density at radius 2 is 1.00 bits per heavy atom. The molecule has 0 unspecified atom stereocenters. The molecule has 2 aliphatic heterocycles. The molecule has 226 valence electrons. The maximum absolute atomic E-state index is 10.6. The minimum absolute atomic E-state index is 0.322. The van der Waals surface area contributed by atoms with Crippen molar-refractivity contribution >= 4 is 0 Å². The summed E-state index contributed by atoms with van der Waals surface area (Å²) in [6.45, 7) is 1.34. The SMILES string of the molecule is CCCCCCCCCCCCCCCO[C@@H]1O[C@H](CO)[C@@H](O[C@H]2O[C@H](CO)[C@@H](O)[C@H](O)[C@H]2O)[C@H](O)[C@H]1O. The highest BCUT2D eigenvalue weighted by molar-refractivity contribution is 4.94. The number of unbranched alkanes of at least 4 members (excludes halogenated alkanes) is 12. The Balaban J connectivity index is 1.64. The number of hydrogen-bond donors (Lipinski definition) is 7. The topological polar surface area (TPSA) is 179 Å². The predicted octanol–water partition coefficient (Wildman–Crippen LogP) is 0.718. The zero-order chi connectivity index (χ0) is 27.9. The molecule has 38 heavy (non-hydrogen) atoms. The highest BCUT2D eigenvalue weighted by Gasteiger charge is 2.50. The van der Waals surface area contributed by atoms with Gasteiger partial charge in [-0.05, 0) is 6.42 Å². The minimum atomic E-state index is -1.69. The fourth-order valence-corrected chi connectivity index (χ4v) is 5.01.